The largest absolute Gasteiger partial charge is 0.495 e. The van der Waals surface area contributed by atoms with Crippen LogP contribution in [0.15, 0.2) is 23.1 Å². The lowest BCUT2D eigenvalue weighted by atomic mass is 10.2. The number of hydrogen-bond donors (Lipinski definition) is 1. The van der Waals surface area contributed by atoms with E-state index in [1.165, 1.54) is 40.3 Å². The van der Waals surface area contributed by atoms with Crippen LogP contribution in [0.5, 0.6) is 5.75 Å². The smallest absolute Gasteiger partial charge is 0.338 e. The van der Waals surface area contributed by atoms with Gasteiger partial charge in [-0.3, -0.25) is 9.63 Å². The van der Waals surface area contributed by atoms with Gasteiger partial charge in [-0.15, -0.1) is 0 Å². The van der Waals surface area contributed by atoms with Crippen LogP contribution in [0.1, 0.15) is 24.2 Å². The van der Waals surface area contributed by atoms with Crippen LogP contribution in [0, 0.1) is 0 Å². The summed E-state index contributed by atoms with van der Waals surface area (Å²) in [4.78, 5) is 28.3. The predicted octanol–water partition coefficient (Wildman–Crippen LogP) is 0.559. The predicted molar refractivity (Wildman–Crippen MR) is 88.5 cm³/mol. The maximum Gasteiger partial charge on any atom is 0.338 e. The molecule has 1 N–H and O–H groups in total. The first kappa shape index (κ1) is 20.9. The van der Waals surface area contributed by atoms with Crippen LogP contribution in [0.25, 0.3) is 0 Å². The molecular weight excluding hydrogens is 352 g/mol. The highest BCUT2D eigenvalue weighted by Crippen LogP contribution is 2.27. The van der Waals surface area contributed by atoms with Gasteiger partial charge in [-0.1, -0.05) is 4.47 Å². The molecule has 0 heterocycles. The lowest BCUT2D eigenvalue weighted by Crippen LogP contribution is -2.35. The molecule has 0 saturated carbocycles. The van der Waals surface area contributed by atoms with E-state index in [-0.39, 0.29) is 16.2 Å². The number of hydrogen-bond acceptors (Lipinski definition) is 7. The number of likely N-dealkylation sites (N-methyl/N-ethyl adjacent to an activating group) is 1. The number of amides is 1. The first-order valence-electron chi connectivity index (χ1n) is 7.38. The van der Waals surface area contributed by atoms with Crippen molar-refractivity contribution in [2.75, 3.05) is 27.8 Å². The summed E-state index contributed by atoms with van der Waals surface area (Å²) in [7, 11) is -0.344. The molecule has 0 fully saturated rings. The average Bonchev–Trinajstić information content (AvgIpc) is 2.60. The molecule has 25 heavy (non-hydrogen) atoms. The first-order chi connectivity index (χ1) is 11.7. The summed E-state index contributed by atoms with van der Waals surface area (Å²) >= 11 is 0. The van der Waals surface area contributed by atoms with Crippen LogP contribution >= 0.6 is 0 Å². The Labute approximate surface area is 146 Å². The van der Waals surface area contributed by atoms with E-state index in [0.29, 0.717) is 11.0 Å². The second kappa shape index (κ2) is 8.79. The van der Waals surface area contributed by atoms with Crippen molar-refractivity contribution in [3.8, 4) is 5.75 Å². The molecule has 0 aliphatic carbocycles. The minimum absolute atomic E-state index is 0.0391. The average molecular weight is 374 g/mol. The van der Waals surface area contributed by atoms with Crippen molar-refractivity contribution in [1.29, 1.82) is 0 Å². The van der Waals surface area contributed by atoms with Gasteiger partial charge in [0, 0.05) is 13.6 Å². The van der Waals surface area contributed by atoms with Gasteiger partial charge >= 0.3 is 5.97 Å². The summed E-state index contributed by atoms with van der Waals surface area (Å²) in [6.45, 7) is 3.55. The summed E-state index contributed by atoms with van der Waals surface area (Å²) < 4.78 is 35.6. The number of nitrogens with zero attached hydrogens (tertiary/aromatic N) is 1. The molecule has 0 saturated heterocycles. The van der Waals surface area contributed by atoms with E-state index in [1.807, 2.05) is 0 Å². The van der Waals surface area contributed by atoms with Gasteiger partial charge in [0.2, 0.25) is 0 Å². The van der Waals surface area contributed by atoms with Gasteiger partial charge < -0.3 is 14.8 Å². The Morgan fingerprint density at radius 1 is 1.28 bits per heavy atom. The highest BCUT2D eigenvalue weighted by Gasteiger charge is 2.27. The Hall–Kier alpha value is -2.17. The van der Waals surface area contributed by atoms with E-state index >= 15 is 0 Å². The fourth-order valence-electron chi connectivity index (χ4n) is 1.84. The molecule has 1 rings (SSSR count). The minimum Gasteiger partial charge on any atom is -0.495 e. The van der Waals surface area contributed by atoms with Crippen LogP contribution in [0.3, 0.4) is 0 Å². The Kier molecular flexibility index (Phi) is 7.34. The number of nitrogens with one attached hydrogen (secondary N) is 1. The molecular formula is C15H22N2O7S. The van der Waals surface area contributed by atoms with Crippen molar-refractivity contribution in [1.82, 2.24) is 9.79 Å². The number of esters is 1. The Morgan fingerprint density at radius 2 is 1.92 bits per heavy atom. The molecule has 1 aromatic carbocycles. The van der Waals surface area contributed by atoms with Crippen LogP contribution in [0.4, 0.5) is 0 Å². The van der Waals surface area contributed by atoms with Crippen molar-refractivity contribution in [3.05, 3.63) is 23.8 Å². The normalized spacial score (nSPS) is 12.6. The molecule has 0 aromatic heterocycles. The molecule has 0 radical (unpaired) electrons. The molecule has 0 aliphatic rings. The Morgan fingerprint density at radius 3 is 2.44 bits per heavy atom. The van der Waals surface area contributed by atoms with E-state index in [9.17, 15) is 18.0 Å². The molecule has 0 unspecified atom stereocenters. The fraction of sp³-hybridized carbons (Fsp3) is 0.467. The van der Waals surface area contributed by atoms with Crippen molar-refractivity contribution >= 4 is 21.9 Å². The molecule has 0 spiro atoms. The molecule has 0 bridgehead atoms. The Bertz CT molecular complexity index is 733. The van der Waals surface area contributed by atoms with Crippen molar-refractivity contribution in [2.24, 2.45) is 0 Å². The lowest BCUT2D eigenvalue weighted by Gasteiger charge is -2.17. The number of methoxy groups -OCH3 is 1. The van der Waals surface area contributed by atoms with Crippen LogP contribution in [0.2, 0.25) is 0 Å². The molecule has 1 amide bonds. The third kappa shape index (κ3) is 4.91. The SMILES string of the molecule is CCNC(=O)[C@H](C)OC(=O)c1ccc(OC)c(S(=O)(=O)N(C)OC)c1. The fourth-order valence-corrected chi connectivity index (χ4v) is 3.00. The number of carbonyl (C=O) groups excluding carboxylic acids is 2. The highest BCUT2D eigenvalue weighted by atomic mass is 32.2. The van der Waals surface area contributed by atoms with E-state index in [1.54, 1.807) is 6.92 Å². The van der Waals surface area contributed by atoms with Crippen molar-refractivity contribution < 1.29 is 32.3 Å². The molecule has 9 nitrogen and oxygen atoms in total. The third-order valence-electron chi connectivity index (χ3n) is 3.28. The van der Waals surface area contributed by atoms with Gasteiger partial charge in [0.15, 0.2) is 6.10 Å². The molecule has 1 aromatic rings. The number of hydroxylamine groups is 1. The zero-order valence-corrected chi connectivity index (χ0v) is 15.5. The minimum atomic E-state index is -4.04. The third-order valence-corrected chi connectivity index (χ3v) is 4.98. The Balaban J connectivity index is 3.17. The first-order valence-corrected chi connectivity index (χ1v) is 8.82. The molecule has 10 heteroatoms. The maximum absolute atomic E-state index is 12.4. The van der Waals surface area contributed by atoms with Gasteiger partial charge in [0.05, 0.1) is 19.8 Å². The standard InChI is InChI=1S/C15H22N2O7S/c1-6-16-14(18)10(2)24-15(19)11-7-8-12(22-4)13(9-11)25(20,21)17(3)23-5/h7-10H,6H2,1-5H3,(H,16,18)/t10-/m0/s1. The summed E-state index contributed by atoms with van der Waals surface area (Å²) in [6, 6.07) is 3.78. The number of benzene rings is 1. The van der Waals surface area contributed by atoms with Gasteiger partial charge in [-0.2, -0.15) is 0 Å². The quantitative estimate of drug-likeness (QED) is 0.523. The maximum atomic E-state index is 12.4. The van der Waals surface area contributed by atoms with Gasteiger partial charge in [0.1, 0.15) is 10.6 Å². The lowest BCUT2D eigenvalue weighted by molar-refractivity contribution is -0.128. The summed E-state index contributed by atoms with van der Waals surface area (Å²) in [5.41, 5.74) is -0.0416. The van der Waals surface area contributed by atoms with Crippen molar-refractivity contribution in [3.63, 3.8) is 0 Å². The zero-order valence-electron chi connectivity index (χ0n) is 14.7. The highest BCUT2D eigenvalue weighted by molar-refractivity contribution is 7.89. The van der Waals surface area contributed by atoms with Crippen molar-refractivity contribution in [2.45, 2.75) is 24.8 Å². The van der Waals surface area contributed by atoms with E-state index < -0.39 is 28.0 Å². The molecule has 140 valence electrons. The van der Waals surface area contributed by atoms with Crippen LogP contribution in [-0.2, 0) is 24.4 Å². The summed E-state index contributed by atoms with van der Waals surface area (Å²) in [5.74, 6) is -1.24. The monoisotopic (exact) mass is 374 g/mol. The topological polar surface area (TPSA) is 111 Å². The van der Waals surface area contributed by atoms with Gasteiger partial charge in [-0.25, -0.2) is 13.2 Å². The van der Waals surface area contributed by atoms with E-state index in [0.717, 1.165) is 6.07 Å². The van der Waals surface area contributed by atoms with E-state index in [2.05, 4.69) is 5.32 Å². The number of carbonyl (C=O) groups is 2. The van der Waals surface area contributed by atoms with Crippen LogP contribution < -0.4 is 10.1 Å². The van der Waals surface area contributed by atoms with Gasteiger partial charge in [-0.05, 0) is 32.0 Å². The second-order valence-electron chi connectivity index (χ2n) is 4.91. The second-order valence-corrected chi connectivity index (χ2v) is 6.81. The number of sulfonamides is 1. The zero-order chi connectivity index (χ0) is 19.2. The number of rotatable bonds is 8. The van der Waals surface area contributed by atoms with Gasteiger partial charge in [0.25, 0.3) is 15.9 Å². The molecule has 1 atom stereocenters. The summed E-state index contributed by atoms with van der Waals surface area (Å²) in [5, 5.41) is 2.52. The number of ether oxygens (including phenoxy) is 2. The van der Waals surface area contributed by atoms with Crippen LogP contribution in [-0.4, -0.2) is 58.7 Å². The molecule has 0 aliphatic heterocycles. The van der Waals surface area contributed by atoms with E-state index in [4.69, 9.17) is 14.3 Å². The summed E-state index contributed by atoms with van der Waals surface area (Å²) in [6.07, 6.45) is -1.02.